The van der Waals surface area contributed by atoms with Gasteiger partial charge < -0.3 is 9.47 Å². The predicted octanol–water partition coefficient (Wildman–Crippen LogP) is 2.87. The van der Waals surface area contributed by atoms with Gasteiger partial charge >= 0.3 is 0 Å². The third-order valence-electron chi connectivity index (χ3n) is 4.88. The Kier molecular flexibility index (Phi) is 3.67. The van der Waals surface area contributed by atoms with E-state index in [2.05, 4.69) is 26.7 Å². The molecule has 0 radical (unpaired) electrons. The van der Waals surface area contributed by atoms with Crippen LogP contribution in [0.3, 0.4) is 0 Å². The molecule has 2 aromatic rings. The van der Waals surface area contributed by atoms with E-state index in [1.165, 1.54) is 12.8 Å². The first-order valence-corrected chi connectivity index (χ1v) is 8.65. The van der Waals surface area contributed by atoms with Crippen molar-refractivity contribution >= 4 is 5.91 Å². The summed E-state index contributed by atoms with van der Waals surface area (Å²) in [6.07, 6.45) is 9.18. The van der Waals surface area contributed by atoms with Gasteiger partial charge in [-0.1, -0.05) is 13.3 Å². The van der Waals surface area contributed by atoms with Crippen LogP contribution < -0.4 is 0 Å². The Bertz CT molecular complexity index is 699. The molecule has 1 fully saturated rings. The zero-order valence-corrected chi connectivity index (χ0v) is 13.5. The standard InChI is InChI=1S/C17H23N5O/c1-2-4-15-16-18-7-10-21(16)8-3-9-22(15)17(23)14-11-13(19-20-14)12-5-6-12/h7,10-12,15H,2-6,8-9H2,1H3,(H,19,20). The second-order valence-corrected chi connectivity index (χ2v) is 6.62. The molecule has 0 bridgehead atoms. The number of rotatable bonds is 4. The van der Waals surface area contributed by atoms with E-state index in [0.29, 0.717) is 11.6 Å². The normalized spacial score (nSPS) is 21.1. The summed E-state index contributed by atoms with van der Waals surface area (Å²) in [5, 5.41) is 7.32. The highest BCUT2D eigenvalue weighted by atomic mass is 16.2. The molecule has 3 heterocycles. The molecule has 23 heavy (non-hydrogen) atoms. The van der Waals surface area contributed by atoms with Gasteiger partial charge in [-0.3, -0.25) is 9.89 Å². The minimum absolute atomic E-state index is 0.0306. The van der Waals surface area contributed by atoms with Crippen molar-refractivity contribution in [2.75, 3.05) is 6.54 Å². The minimum Gasteiger partial charge on any atom is -0.333 e. The number of nitrogens with zero attached hydrogens (tertiary/aromatic N) is 4. The summed E-state index contributed by atoms with van der Waals surface area (Å²) in [6, 6.07) is 1.99. The maximum atomic E-state index is 13.0. The average Bonchev–Trinajstić information content (AvgIpc) is 3.16. The molecular weight excluding hydrogens is 290 g/mol. The van der Waals surface area contributed by atoms with E-state index in [0.717, 1.165) is 43.9 Å². The average molecular weight is 313 g/mol. The number of aryl methyl sites for hydroxylation is 1. The molecule has 0 saturated heterocycles. The van der Waals surface area contributed by atoms with Crippen molar-refractivity contribution in [3.63, 3.8) is 0 Å². The molecule has 6 nitrogen and oxygen atoms in total. The van der Waals surface area contributed by atoms with Gasteiger partial charge in [-0.25, -0.2) is 4.98 Å². The summed E-state index contributed by atoms with van der Waals surface area (Å²) < 4.78 is 2.19. The lowest BCUT2D eigenvalue weighted by molar-refractivity contribution is 0.0659. The molecule has 1 N–H and O–H groups in total. The number of aromatic nitrogens is 4. The first-order chi connectivity index (χ1) is 11.3. The van der Waals surface area contributed by atoms with Crippen LogP contribution in [0.25, 0.3) is 0 Å². The van der Waals surface area contributed by atoms with Crippen molar-refractivity contribution in [3.05, 3.63) is 35.7 Å². The number of nitrogens with one attached hydrogen (secondary N) is 1. The maximum absolute atomic E-state index is 13.0. The molecule has 1 aliphatic carbocycles. The lowest BCUT2D eigenvalue weighted by Gasteiger charge is -2.28. The summed E-state index contributed by atoms with van der Waals surface area (Å²) in [4.78, 5) is 19.5. The van der Waals surface area contributed by atoms with E-state index >= 15 is 0 Å². The van der Waals surface area contributed by atoms with Crippen LogP contribution in [0, 0.1) is 0 Å². The summed E-state index contributed by atoms with van der Waals surface area (Å²) >= 11 is 0. The fraction of sp³-hybridized carbons (Fsp3) is 0.588. The lowest BCUT2D eigenvalue weighted by atomic mass is 10.1. The number of fused-ring (bicyclic) bond motifs is 1. The van der Waals surface area contributed by atoms with Gasteiger partial charge in [0.15, 0.2) is 0 Å². The highest BCUT2D eigenvalue weighted by Gasteiger charge is 2.33. The molecule has 1 saturated carbocycles. The van der Waals surface area contributed by atoms with Gasteiger partial charge in [-0.15, -0.1) is 0 Å². The summed E-state index contributed by atoms with van der Waals surface area (Å²) in [6.45, 7) is 3.84. The predicted molar refractivity (Wildman–Crippen MR) is 86.1 cm³/mol. The molecule has 122 valence electrons. The Morgan fingerprint density at radius 1 is 1.39 bits per heavy atom. The highest BCUT2D eigenvalue weighted by Crippen LogP contribution is 2.39. The molecule has 2 aliphatic rings. The second kappa shape index (κ2) is 5.83. The molecule has 2 aromatic heterocycles. The van der Waals surface area contributed by atoms with Crippen LogP contribution >= 0.6 is 0 Å². The number of carbonyl (C=O) groups is 1. The molecule has 1 aliphatic heterocycles. The lowest BCUT2D eigenvalue weighted by Crippen LogP contribution is -2.35. The number of carbonyl (C=O) groups excluding carboxylic acids is 1. The maximum Gasteiger partial charge on any atom is 0.274 e. The molecular formula is C17H23N5O. The topological polar surface area (TPSA) is 66.8 Å². The van der Waals surface area contributed by atoms with Crippen LogP contribution in [-0.4, -0.2) is 37.1 Å². The number of hydrogen-bond donors (Lipinski definition) is 1. The van der Waals surface area contributed by atoms with Crippen molar-refractivity contribution in [2.45, 2.75) is 57.5 Å². The third kappa shape index (κ3) is 2.66. The zero-order valence-electron chi connectivity index (χ0n) is 13.5. The smallest absolute Gasteiger partial charge is 0.274 e. The Morgan fingerprint density at radius 2 is 2.26 bits per heavy atom. The van der Waals surface area contributed by atoms with E-state index < -0.39 is 0 Å². The molecule has 1 atom stereocenters. The molecule has 0 spiro atoms. The minimum atomic E-state index is 0.0306. The van der Waals surface area contributed by atoms with Gasteiger partial charge in [0.25, 0.3) is 5.91 Å². The second-order valence-electron chi connectivity index (χ2n) is 6.62. The monoisotopic (exact) mass is 313 g/mol. The van der Waals surface area contributed by atoms with Gasteiger partial charge in [-0.2, -0.15) is 5.10 Å². The quantitative estimate of drug-likeness (QED) is 0.944. The van der Waals surface area contributed by atoms with E-state index in [-0.39, 0.29) is 11.9 Å². The molecule has 6 heteroatoms. The van der Waals surface area contributed by atoms with Gasteiger partial charge in [0, 0.05) is 37.1 Å². The van der Waals surface area contributed by atoms with E-state index in [1.807, 2.05) is 23.4 Å². The van der Waals surface area contributed by atoms with Crippen molar-refractivity contribution in [3.8, 4) is 0 Å². The van der Waals surface area contributed by atoms with E-state index in [9.17, 15) is 4.79 Å². The highest BCUT2D eigenvalue weighted by molar-refractivity contribution is 5.92. The van der Waals surface area contributed by atoms with Gasteiger partial charge in [0.1, 0.15) is 11.5 Å². The first kappa shape index (κ1) is 14.5. The Hall–Kier alpha value is -2.11. The fourth-order valence-electron chi connectivity index (χ4n) is 3.51. The van der Waals surface area contributed by atoms with Crippen molar-refractivity contribution < 1.29 is 4.79 Å². The van der Waals surface area contributed by atoms with Crippen LogP contribution in [0.1, 0.15) is 73.0 Å². The SMILES string of the molecule is CCCC1c2nccn2CCCN1C(=O)c1cc(C2CC2)[nH]n1. The number of amides is 1. The molecule has 0 aromatic carbocycles. The Morgan fingerprint density at radius 3 is 3.04 bits per heavy atom. The van der Waals surface area contributed by atoms with Gasteiger partial charge in [0.05, 0.1) is 6.04 Å². The van der Waals surface area contributed by atoms with Crippen molar-refractivity contribution in [1.29, 1.82) is 0 Å². The number of imidazole rings is 1. The van der Waals surface area contributed by atoms with Crippen LogP contribution in [0.4, 0.5) is 0 Å². The van der Waals surface area contributed by atoms with Crippen LogP contribution in [-0.2, 0) is 6.54 Å². The number of aromatic amines is 1. The van der Waals surface area contributed by atoms with Crippen molar-refractivity contribution in [1.82, 2.24) is 24.6 Å². The van der Waals surface area contributed by atoms with Gasteiger partial charge in [-0.05, 0) is 31.7 Å². The summed E-state index contributed by atoms with van der Waals surface area (Å²) in [5.41, 5.74) is 1.66. The Labute approximate surface area is 135 Å². The molecule has 1 amide bonds. The fourth-order valence-corrected chi connectivity index (χ4v) is 3.51. The van der Waals surface area contributed by atoms with Crippen LogP contribution in [0.15, 0.2) is 18.5 Å². The third-order valence-corrected chi connectivity index (χ3v) is 4.88. The first-order valence-electron chi connectivity index (χ1n) is 8.65. The van der Waals surface area contributed by atoms with Crippen molar-refractivity contribution in [2.24, 2.45) is 0 Å². The largest absolute Gasteiger partial charge is 0.333 e. The van der Waals surface area contributed by atoms with Crippen LogP contribution in [0.2, 0.25) is 0 Å². The van der Waals surface area contributed by atoms with Gasteiger partial charge in [0.2, 0.25) is 0 Å². The zero-order chi connectivity index (χ0) is 15.8. The summed E-state index contributed by atoms with van der Waals surface area (Å²) in [5.74, 6) is 1.62. The van der Waals surface area contributed by atoms with Crippen LogP contribution in [0.5, 0.6) is 0 Å². The molecule has 1 unspecified atom stereocenters. The van der Waals surface area contributed by atoms with E-state index in [1.54, 1.807) is 0 Å². The number of hydrogen-bond acceptors (Lipinski definition) is 3. The van der Waals surface area contributed by atoms with E-state index in [4.69, 9.17) is 0 Å². The summed E-state index contributed by atoms with van der Waals surface area (Å²) in [7, 11) is 0. The molecule has 4 rings (SSSR count). The number of H-pyrrole nitrogens is 1. The Balaban J connectivity index is 1.63.